The normalized spacial score (nSPS) is 32.7. The van der Waals surface area contributed by atoms with Crippen molar-refractivity contribution >= 4 is 0 Å². The minimum Gasteiger partial charge on any atom is -0.376 e. The maximum Gasteiger partial charge on any atom is 0.243 e. The zero-order valence-electron chi connectivity index (χ0n) is 11.3. The molecule has 5 heteroatoms. The Balaban J connectivity index is 1.40. The minimum atomic E-state index is 0.118. The predicted molar refractivity (Wildman–Crippen MR) is 68.7 cm³/mol. The van der Waals surface area contributed by atoms with Gasteiger partial charge in [0.05, 0.1) is 12.1 Å². The van der Waals surface area contributed by atoms with Crippen molar-refractivity contribution in [1.82, 2.24) is 15.5 Å². The molecule has 2 saturated carbocycles. The van der Waals surface area contributed by atoms with Gasteiger partial charge in [0.15, 0.2) is 5.82 Å². The number of hydrogen-bond acceptors (Lipinski definition) is 5. The van der Waals surface area contributed by atoms with Gasteiger partial charge in [-0.15, -0.1) is 0 Å². The van der Waals surface area contributed by atoms with Crippen molar-refractivity contribution in [2.24, 2.45) is 5.92 Å². The predicted octanol–water partition coefficient (Wildman–Crippen LogP) is 2.17. The molecule has 1 aliphatic heterocycles. The second-order valence-electron chi connectivity index (χ2n) is 6.22. The van der Waals surface area contributed by atoms with Crippen LogP contribution in [0.25, 0.3) is 0 Å². The molecule has 19 heavy (non-hydrogen) atoms. The molecule has 5 nitrogen and oxygen atoms in total. The third-order valence-electron chi connectivity index (χ3n) is 4.46. The first-order chi connectivity index (χ1) is 9.31. The zero-order chi connectivity index (χ0) is 12.8. The van der Waals surface area contributed by atoms with Crippen molar-refractivity contribution in [1.29, 1.82) is 0 Å². The minimum absolute atomic E-state index is 0.118. The van der Waals surface area contributed by atoms with Crippen molar-refractivity contribution in [3.63, 3.8) is 0 Å². The molecule has 0 spiro atoms. The van der Waals surface area contributed by atoms with E-state index >= 15 is 0 Å². The number of rotatable bonds is 5. The molecule has 1 N–H and O–H groups in total. The summed E-state index contributed by atoms with van der Waals surface area (Å²) in [6.07, 6.45) is 6.55. The molecule has 1 aromatic rings. The van der Waals surface area contributed by atoms with Crippen LogP contribution in [0.1, 0.15) is 62.7 Å². The van der Waals surface area contributed by atoms with Crippen molar-refractivity contribution in [2.75, 3.05) is 6.61 Å². The van der Waals surface area contributed by atoms with Crippen LogP contribution in [-0.4, -0.2) is 28.9 Å². The lowest BCUT2D eigenvalue weighted by Gasteiger charge is -2.22. The molecule has 0 aromatic carbocycles. The highest BCUT2D eigenvalue weighted by Crippen LogP contribution is 2.40. The molecule has 1 saturated heterocycles. The van der Waals surface area contributed by atoms with Crippen LogP contribution in [0.5, 0.6) is 0 Å². The summed E-state index contributed by atoms with van der Waals surface area (Å²) in [5.74, 6) is 2.95. The van der Waals surface area contributed by atoms with E-state index in [0.29, 0.717) is 18.1 Å². The molecule has 104 valence electrons. The van der Waals surface area contributed by atoms with E-state index in [9.17, 15) is 0 Å². The van der Waals surface area contributed by atoms with E-state index < -0.39 is 0 Å². The molecule has 4 rings (SSSR count). The standard InChI is InChI=1S/C14H21N3O2/c1-8(14-16-13(17-19-14)10-4-5-10)15-11-6-7-18-12(11)9-2-3-9/h8-12,15H,2-7H2,1H3. The molecule has 2 heterocycles. The smallest absolute Gasteiger partial charge is 0.243 e. The van der Waals surface area contributed by atoms with E-state index in [1.807, 2.05) is 0 Å². The van der Waals surface area contributed by atoms with Crippen molar-refractivity contribution in [3.05, 3.63) is 11.7 Å². The third kappa shape index (κ3) is 2.41. The molecule has 2 aliphatic carbocycles. The number of nitrogens with zero attached hydrogens (tertiary/aromatic N) is 2. The molecule has 3 atom stereocenters. The summed E-state index contributed by atoms with van der Waals surface area (Å²) in [6, 6.07) is 0.562. The van der Waals surface area contributed by atoms with Crippen LogP contribution in [0.3, 0.4) is 0 Å². The lowest BCUT2D eigenvalue weighted by molar-refractivity contribution is 0.0783. The fourth-order valence-corrected chi connectivity index (χ4v) is 3.00. The average molecular weight is 263 g/mol. The molecular weight excluding hydrogens is 242 g/mol. The van der Waals surface area contributed by atoms with E-state index in [1.54, 1.807) is 0 Å². The number of ether oxygens (including phenoxy) is 1. The van der Waals surface area contributed by atoms with Crippen LogP contribution in [0.4, 0.5) is 0 Å². The van der Waals surface area contributed by atoms with Crippen LogP contribution < -0.4 is 5.32 Å². The summed E-state index contributed by atoms with van der Waals surface area (Å²) in [5.41, 5.74) is 0. The maximum atomic E-state index is 5.85. The molecule has 3 fully saturated rings. The van der Waals surface area contributed by atoms with Gasteiger partial charge in [-0.1, -0.05) is 5.16 Å². The Morgan fingerprint density at radius 3 is 2.79 bits per heavy atom. The van der Waals surface area contributed by atoms with Gasteiger partial charge < -0.3 is 14.6 Å². The molecular formula is C14H21N3O2. The highest BCUT2D eigenvalue weighted by atomic mass is 16.5. The van der Waals surface area contributed by atoms with E-state index in [0.717, 1.165) is 30.7 Å². The largest absolute Gasteiger partial charge is 0.376 e. The van der Waals surface area contributed by atoms with Gasteiger partial charge >= 0.3 is 0 Å². The highest BCUT2D eigenvalue weighted by molar-refractivity contribution is 5.05. The third-order valence-corrected chi connectivity index (χ3v) is 4.46. The Morgan fingerprint density at radius 2 is 2.05 bits per heavy atom. The van der Waals surface area contributed by atoms with Crippen LogP contribution >= 0.6 is 0 Å². The Bertz CT molecular complexity index is 453. The van der Waals surface area contributed by atoms with Crippen LogP contribution in [0, 0.1) is 5.92 Å². The maximum absolute atomic E-state index is 5.85. The van der Waals surface area contributed by atoms with Crippen molar-refractivity contribution < 1.29 is 9.26 Å². The summed E-state index contributed by atoms with van der Waals surface area (Å²) in [7, 11) is 0. The average Bonchev–Trinajstić information content (AvgIpc) is 3.34. The van der Waals surface area contributed by atoms with Crippen molar-refractivity contribution in [3.8, 4) is 0 Å². The van der Waals surface area contributed by atoms with E-state index in [2.05, 4.69) is 22.4 Å². The molecule has 3 aliphatic rings. The summed E-state index contributed by atoms with van der Waals surface area (Å²) in [5, 5.41) is 7.70. The first kappa shape index (κ1) is 11.9. The van der Waals surface area contributed by atoms with Crippen LogP contribution in [-0.2, 0) is 4.74 Å². The van der Waals surface area contributed by atoms with Gasteiger partial charge in [0.25, 0.3) is 0 Å². The first-order valence-electron chi connectivity index (χ1n) is 7.52. The number of aromatic nitrogens is 2. The molecule has 0 bridgehead atoms. The monoisotopic (exact) mass is 263 g/mol. The van der Waals surface area contributed by atoms with Gasteiger partial charge in [0.2, 0.25) is 5.89 Å². The number of nitrogens with one attached hydrogen (secondary N) is 1. The highest BCUT2D eigenvalue weighted by Gasteiger charge is 2.41. The lowest BCUT2D eigenvalue weighted by Crippen LogP contribution is -2.39. The molecule has 3 unspecified atom stereocenters. The van der Waals surface area contributed by atoms with Gasteiger partial charge in [-0.25, -0.2) is 0 Å². The Hall–Kier alpha value is -0.940. The Kier molecular flexibility index (Phi) is 2.84. The Labute approximate surface area is 113 Å². The fraction of sp³-hybridized carbons (Fsp3) is 0.857. The zero-order valence-corrected chi connectivity index (χ0v) is 11.3. The summed E-state index contributed by atoms with van der Waals surface area (Å²) < 4.78 is 11.2. The second-order valence-corrected chi connectivity index (χ2v) is 6.22. The fourth-order valence-electron chi connectivity index (χ4n) is 3.00. The van der Waals surface area contributed by atoms with E-state index in [4.69, 9.17) is 9.26 Å². The van der Waals surface area contributed by atoms with Gasteiger partial charge in [-0.3, -0.25) is 0 Å². The van der Waals surface area contributed by atoms with Gasteiger partial charge in [0.1, 0.15) is 0 Å². The Morgan fingerprint density at radius 1 is 1.21 bits per heavy atom. The van der Waals surface area contributed by atoms with Crippen LogP contribution in [0.2, 0.25) is 0 Å². The van der Waals surface area contributed by atoms with E-state index in [-0.39, 0.29) is 6.04 Å². The molecule has 1 aromatic heterocycles. The quantitative estimate of drug-likeness (QED) is 0.882. The van der Waals surface area contributed by atoms with Gasteiger partial charge in [-0.05, 0) is 44.9 Å². The second kappa shape index (κ2) is 4.56. The summed E-state index contributed by atoms with van der Waals surface area (Å²) in [4.78, 5) is 4.52. The van der Waals surface area contributed by atoms with Crippen LogP contribution in [0.15, 0.2) is 4.52 Å². The van der Waals surface area contributed by atoms with Gasteiger partial charge in [-0.2, -0.15) is 4.98 Å². The molecule has 0 radical (unpaired) electrons. The van der Waals surface area contributed by atoms with Crippen molar-refractivity contribution in [2.45, 2.75) is 63.1 Å². The van der Waals surface area contributed by atoms with E-state index in [1.165, 1.54) is 25.7 Å². The number of hydrogen-bond donors (Lipinski definition) is 1. The molecule has 0 amide bonds. The topological polar surface area (TPSA) is 60.2 Å². The first-order valence-corrected chi connectivity index (χ1v) is 7.52. The lowest BCUT2D eigenvalue weighted by atomic mass is 10.1. The summed E-state index contributed by atoms with van der Waals surface area (Å²) >= 11 is 0. The SMILES string of the molecule is CC(NC1CCOC1C1CC1)c1nc(C2CC2)no1. The summed E-state index contributed by atoms with van der Waals surface area (Å²) in [6.45, 7) is 2.98. The van der Waals surface area contributed by atoms with Gasteiger partial charge in [0, 0.05) is 18.6 Å².